The largest absolute Gasteiger partial charge is 0.490 e. The lowest BCUT2D eigenvalue weighted by molar-refractivity contribution is 0.187. The lowest BCUT2D eigenvalue weighted by Crippen LogP contribution is -2.42. The smallest absolute Gasteiger partial charge is 0.175 e. The molecular formula is C20H25BrClNO3. The zero-order chi connectivity index (χ0) is 19.2. The standard InChI is InChI=1S/C20H25BrClNO3/c1-4-25-18-10-14(11-23-20(2,3)13-24)9-16(21)19(18)26-12-15-7-5-6-8-17(15)22/h5-10,23-24H,4,11-13H2,1-3H3. The molecule has 0 amide bonds. The van der Waals surface area contributed by atoms with E-state index in [0.29, 0.717) is 36.3 Å². The molecule has 142 valence electrons. The van der Waals surface area contributed by atoms with Gasteiger partial charge in [0, 0.05) is 22.7 Å². The number of aliphatic hydroxyl groups is 1. The summed E-state index contributed by atoms with van der Waals surface area (Å²) in [7, 11) is 0. The molecule has 0 fully saturated rings. The Balaban J connectivity index is 2.19. The van der Waals surface area contributed by atoms with Gasteiger partial charge in [-0.2, -0.15) is 0 Å². The molecule has 6 heteroatoms. The quantitative estimate of drug-likeness (QED) is 0.577. The third kappa shape index (κ3) is 5.88. The number of halogens is 2. The minimum Gasteiger partial charge on any atom is -0.490 e. The Morgan fingerprint density at radius 1 is 1.19 bits per heavy atom. The van der Waals surface area contributed by atoms with Gasteiger partial charge in [-0.05, 0) is 60.5 Å². The summed E-state index contributed by atoms with van der Waals surface area (Å²) < 4.78 is 12.6. The van der Waals surface area contributed by atoms with Gasteiger partial charge in [-0.1, -0.05) is 29.8 Å². The van der Waals surface area contributed by atoms with Crippen LogP contribution in [0.3, 0.4) is 0 Å². The highest BCUT2D eigenvalue weighted by atomic mass is 79.9. The van der Waals surface area contributed by atoms with Gasteiger partial charge in [-0.3, -0.25) is 0 Å². The Hall–Kier alpha value is -1.27. The topological polar surface area (TPSA) is 50.7 Å². The van der Waals surface area contributed by atoms with E-state index in [0.717, 1.165) is 15.6 Å². The van der Waals surface area contributed by atoms with Crippen LogP contribution in [0.4, 0.5) is 0 Å². The van der Waals surface area contributed by atoms with Crippen molar-refractivity contribution in [1.29, 1.82) is 0 Å². The van der Waals surface area contributed by atoms with Crippen LogP contribution in [0.5, 0.6) is 11.5 Å². The Labute approximate surface area is 168 Å². The molecule has 0 saturated carbocycles. The van der Waals surface area contributed by atoms with E-state index in [9.17, 15) is 5.11 Å². The monoisotopic (exact) mass is 441 g/mol. The van der Waals surface area contributed by atoms with Gasteiger partial charge in [0.05, 0.1) is 17.7 Å². The van der Waals surface area contributed by atoms with Crippen LogP contribution in [0.1, 0.15) is 31.9 Å². The van der Waals surface area contributed by atoms with Crippen molar-refractivity contribution in [2.75, 3.05) is 13.2 Å². The lowest BCUT2D eigenvalue weighted by atomic mass is 10.1. The second-order valence-electron chi connectivity index (χ2n) is 6.61. The van der Waals surface area contributed by atoms with Gasteiger partial charge in [0.25, 0.3) is 0 Å². The first kappa shape index (κ1) is 21.0. The minimum atomic E-state index is -0.350. The van der Waals surface area contributed by atoms with Gasteiger partial charge < -0.3 is 19.9 Å². The lowest BCUT2D eigenvalue weighted by Gasteiger charge is -2.24. The van der Waals surface area contributed by atoms with Crippen LogP contribution < -0.4 is 14.8 Å². The summed E-state index contributed by atoms with van der Waals surface area (Å²) in [6, 6.07) is 11.5. The molecular weight excluding hydrogens is 418 g/mol. The molecule has 2 rings (SSSR count). The molecule has 0 spiro atoms. The molecule has 0 aliphatic rings. The maximum absolute atomic E-state index is 9.38. The summed E-state index contributed by atoms with van der Waals surface area (Å²) in [4.78, 5) is 0. The third-order valence-corrected chi connectivity index (χ3v) is 4.82. The van der Waals surface area contributed by atoms with Crippen molar-refractivity contribution in [2.24, 2.45) is 0 Å². The summed E-state index contributed by atoms with van der Waals surface area (Å²) in [5.74, 6) is 1.32. The molecule has 26 heavy (non-hydrogen) atoms. The second-order valence-corrected chi connectivity index (χ2v) is 7.88. The van der Waals surface area contributed by atoms with Crippen LogP contribution in [0.2, 0.25) is 5.02 Å². The Kier molecular flexibility index (Phi) is 7.77. The molecule has 0 aliphatic heterocycles. The van der Waals surface area contributed by atoms with Crippen LogP contribution in [0, 0.1) is 0 Å². The zero-order valence-electron chi connectivity index (χ0n) is 15.3. The molecule has 0 bridgehead atoms. The highest BCUT2D eigenvalue weighted by Crippen LogP contribution is 2.38. The number of hydrogen-bond acceptors (Lipinski definition) is 4. The van der Waals surface area contributed by atoms with Crippen molar-refractivity contribution in [2.45, 2.75) is 39.5 Å². The van der Waals surface area contributed by atoms with Crippen molar-refractivity contribution in [1.82, 2.24) is 5.32 Å². The summed E-state index contributed by atoms with van der Waals surface area (Å²) >= 11 is 9.78. The van der Waals surface area contributed by atoms with Crippen LogP contribution >= 0.6 is 27.5 Å². The van der Waals surface area contributed by atoms with E-state index in [4.69, 9.17) is 21.1 Å². The van der Waals surface area contributed by atoms with E-state index < -0.39 is 0 Å². The first-order valence-corrected chi connectivity index (χ1v) is 9.70. The Morgan fingerprint density at radius 3 is 2.58 bits per heavy atom. The number of rotatable bonds is 9. The van der Waals surface area contributed by atoms with E-state index in [2.05, 4.69) is 21.2 Å². The highest BCUT2D eigenvalue weighted by molar-refractivity contribution is 9.10. The molecule has 0 aliphatic carbocycles. The maximum Gasteiger partial charge on any atom is 0.175 e. The van der Waals surface area contributed by atoms with Crippen molar-refractivity contribution >= 4 is 27.5 Å². The highest BCUT2D eigenvalue weighted by Gasteiger charge is 2.17. The SMILES string of the molecule is CCOc1cc(CNC(C)(C)CO)cc(Br)c1OCc1ccccc1Cl. The summed E-state index contributed by atoms with van der Waals surface area (Å²) in [5.41, 5.74) is 1.60. The fourth-order valence-electron chi connectivity index (χ4n) is 2.29. The van der Waals surface area contributed by atoms with Gasteiger partial charge in [0.2, 0.25) is 0 Å². The molecule has 4 nitrogen and oxygen atoms in total. The van der Waals surface area contributed by atoms with Crippen molar-refractivity contribution < 1.29 is 14.6 Å². The van der Waals surface area contributed by atoms with Gasteiger partial charge in [-0.15, -0.1) is 0 Å². The average Bonchev–Trinajstić information content (AvgIpc) is 2.61. The third-order valence-electron chi connectivity index (χ3n) is 3.87. The molecule has 2 aromatic carbocycles. The number of nitrogens with one attached hydrogen (secondary N) is 1. The van der Waals surface area contributed by atoms with Crippen molar-refractivity contribution in [3.63, 3.8) is 0 Å². The molecule has 0 aromatic heterocycles. The van der Waals surface area contributed by atoms with Gasteiger partial charge in [0.1, 0.15) is 6.61 Å². The fraction of sp³-hybridized carbons (Fsp3) is 0.400. The van der Waals surface area contributed by atoms with Crippen LogP contribution in [-0.4, -0.2) is 23.9 Å². The zero-order valence-corrected chi connectivity index (χ0v) is 17.7. The number of hydrogen-bond donors (Lipinski definition) is 2. The first-order chi connectivity index (χ1) is 12.4. The molecule has 0 saturated heterocycles. The summed E-state index contributed by atoms with van der Waals surface area (Å²) in [6.07, 6.45) is 0. The first-order valence-electron chi connectivity index (χ1n) is 8.53. The molecule has 2 N–H and O–H groups in total. The van der Waals surface area contributed by atoms with E-state index in [-0.39, 0.29) is 12.1 Å². The van der Waals surface area contributed by atoms with Gasteiger partial charge >= 0.3 is 0 Å². The molecule has 0 heterocycles. The molecule has 0 radical (unpaired) electrons. The number of benzene rings is 2. The predicted octanol–water partition coefficient (Wildman–Crippen LogP) is 4.94. The van der Waals surface area contributed by atoms with E-state index in [1.54, 1.807) is 0 Å². The molecule has 0 atom stereocenters. The average molecular weight is 443 g/mol. The number of aliphatic hydroxyl groups excluding tert-OH is 1. The van der Waals surface area contributed by atoms with Gasteiger partial charge in [0.15, 0.2) is 11.5 Å². The van der Waals surface area contributed by atoms with Crippen molar-refractivity contribution in [3.8, 4) is 11.5 Å². The van der Waals surface area contributed by atoms with Crippen LogP contribution in [-0.2, 0) is 13.2 Å². The van der Waals surface area contributed by atoms with Crippen LogP contribution in [0.25, 0.3) is 0 Å². The summed E-state index contributed by atoms with van der Waals surface area (Å²) in [5, 5.41) is 13.4. The van der Waals surface area contributed by atoms with Crippen LogP contribution in [0.15, 0.2) is 40.9 Å². The van der Waals surface area contributed by atoms with E-state index in [1.165, 1.54) is 0 Å². The van der Waals surface area contributed by atoms with E-state index >= 15 is 0 Å². The second kappa shape index (κ2) is 9.60. The minimum absolute atomic E-state index is 0.0610. The maximum atomic E-state index is 9.38. The van der Waals surface area contributed by atoms with Gasteiger partial charge in [-0.25, -0.2) is 0 Å². The summed E-state index contributed by atoms with van der Waals surface area (Å²) in [6.45, 7) is 7.40. The van der Waals surface area contributed by atoms with Crippen molar-refractivity contribution in [3.05, 3.63) is 57.0 Å². The molecule has 2 aromatic rings. The fourth-order valence-corrected chi connectivity index (χ4v) is 3.08. The van der Waals surface area contributed by atoms with E-state index in [1.807, 2.05) is 57.2 Å². The predicted molar refractivity (Wildman–Crippen MR) is 109 cm³/mol. The molecule has 0 unspecified atom stereocenters. The number of ether oxygens (including phenoxy) is 2. The Bertz CT molecular complexity index is 737. The normalized spacial score (nSPS) is 11.5. The Morgan fingerprint density at radius 2 is 1.92 bits per heavy atom.